The van der Waals surface area contributed by atoms with Crippen molar-refractivity contribution in [3.63, 3.8) is 0 Å². The zero-order valence-electron chi connectivity index (χ0n) is 14.4. The van der Waals surface area contributed by atoms with E-state index in [4.69, 9.17) is 0 Å². The van der Waals surface area contributed by atoms with Crippen LogP contribution in [-0.2, 0) is 24.2 Å². The summed E-state index contributed by atoms with van der Waals surface area (Å²) >= 11 is 3.19. The van der Waals surface area contributed by atoms with Gasteiger partial charge in [-0.1, -0.05) is 12.1 Å². The van der Waals surface area contributed by atoms with Crippen molar-refractivity contribution in [3.05, 3.63) is 51.4 Å². The number of nitrogens with one attached hydrogen (secondary N) is 1. The molecule has 2 heterocycles. The zero-order valence-corrected chi connectivity index (χ0v) is 16.1. The van der Waals surface area contributed by atoms with Crippen LogP contribution >= 0.6 is 23.1 Å². The smallest absolute Gasteiger partial charge is 0.262 e. The van der Waals surface area contributed by atoms with Gasteiger partial charge in [-0.15, -0.1) is 23.1 Å². The lowest BCUT2D eigenvalue weighted by atomic mass is 9.97. The summed E-state index contributed by atoms with van der Waals surface area (Å²) in [5.74, 6) is -0.223. The van der Waals surface area contributed by atoms with E-state index in [1.165, 1.54) is 22.2 Å². The molecule has 5 nitrogen and oxygen atoms in total. The molecule has 0 fully saturated rings. The highest BCUT2D eigenvalue weighted by Crippen LogP contribution is 2.33. The molecule has 1 aromatic carbocycles. The van der Waals surface area contributed by atoms with Crippen molar-refractivity contribution in [3.8, 4) is 0 Å². The van der Waals surface area contributed by atoms with E-state index in [-0.39, 0.29) is 18.0 Å². The Balaban J connectivity index is 1.62. The molecule has 2 aromatic heterocycles. The minimum absolute atomic E-state index is 0.0326. The number of anilines is 1. The Morgan fingerprint density at radius 1 is 1.31 bits per heavy atom. The highest BCUT2D eigenvalue weighted by atomic mass is 32.2. The Morgan fingerprint density at radius 2 is 2.12 bits per heavy atom. The summed E-state index contributed by atoms with van der Waals surface area (Å²) in [4.78, 5) is 32.9. The number of rotatable bonds is 4. The standard InChI is InChI=1S/C19H19N3O2S2/c1-25-15-9-5-3-7-13(15)21-16(23)10-22-11-20-18-17(19(22)24)12-6-2-4-8-14(12)26-18/h3,5,7,9,11H,2,4,6,8,10H2,1H3,(H,21,23). The number of para-hydroxylation sites is 1. The van der Waals surface area contributed by atoms with Gasteiger partial charge in [0.05, 0.1) is 17.4 Å². The third-order valence-corrected chi connectivity index (χ3v) is 6.63. The molecular weight excluding hydrogens is 366 g/mol. The van der Waals surface area contributed by atoms with Crippen LogP contribution in [0.15, 0.2) is 40.3 Å². The molecule has 1 aliphatic carbocycles. The Bertz CT molecular complexity index is 1040. The molecule has 0 radical (unpaired) electrons. The van der Waals surface area contributed by atoms with Gasteiger partial charge in [-0.2, -0.15) is 0 Å². The first-order valence-electron chi connectivity index (χ1n) is 8.60. The normalized spacial score (nSPS) is 13.6. The summed E-state index contributed by atoms with van der Waals surface area (Å²) in [7, 11) is 0. The maximum absolute atomic E-state index is 12.9. The van der Waals surface area contributed by atoms with Gasteiger partial charge >= 0.3 is 0 Å². The quantitative estimate of drug-likeness (QED) is 0.696. The third kappa shape index (κ3) is 3.17. The fraction of sp³-hybridized carbons (Fsp3) is 0.316. The zero-order chi connectivity index (χ0) is 18.1. The number of aryl methyl sites for hydroxylation is 2. The highest BCUT2D eigenvalue weighted by Gasteiger charge is 2.20. The number of fused-ring (bicyclic) bond motifs is 3. The lowest BCUT2D eigenvalue weighted by molar-refractivity contribution is -0.116. The van der Waals surface area contributed by atoms with E-state index in [0.29, 0.717) is 5.39 Å². The van der Waals surface area contributed by atoms with Gasteiger partial charge < -0.3 is 5.32 Å². The van der Waals surface area contributed by atoms with Gasteiger partial charge in [-0.25, -0.2) is 4.98 Å². The van der Waals surface area contributed by atoms with Gasteiger partial charge in [0.1, 0.15) is 11.4 Å². The fourth-order valence-corrected chi connectivity index (χ4v) is 5.16. The van der Waals surface area contributed by atoms with Crippen LogP contribution in [0.25, 0.3) is 10.2 Å². The molecule has 3 aromatic rings. The lowest BCUT2D eigenvalue weighted by Gasteiger charge is -2.11. The predicted molar refractivity (Wildman–Crippen MR) is 107 cm³/mol. The number of carbonyl (C=O) groups excluding carboxylic acids is 1. The van der Waals surface area contributed by atoms with Crippen molar-refractivity contribution in [2.75, 3.05) is 11.6 Å². The summed E-state index contributed by atoms with van der Waals surface area (Å²) in [6, 6.07) is 7.64. The van der Waals surface area contributed by atoms with Gasteiger partial charge in [0.25, 0.3) is 5.56 Å². The Morgan fingerprint density at radius 3 is 2.96 bits per heavy atom. The molecule has 26 heavy (non-hydrogen) atoms. The van der Waals surface area contributed by atoms with Gasteiger partial charge in [0.15, 0.2) is 0 Å². The number of aromatic nitrogens is 2. The Kier molecular flexibility index (Phi) is 4.82. The highest BCUT2D eigenvalue weighted by molar-refractivity contribution is 7.98. The molecule has 1 N–H and O–H groups in total. The molecule has 0 aliphatic heterocycles. The number of thiophene rings is 1. The van der Waals surface area contributed by atoms with Crippen molar-refractivity contribution < 1.29 is 4.79 Å². The third-order valence-electron chi connectivity index (χ3n) is 4.64. The molecule has 0 saturated heterocycles. The second-order valence-corrected chi connectivity index (χ2v) is 8.25. The number of hydrogen-bond donors (Lipinski definition) is 1. The summed E-state index contributed by atoms with van der Waals surface area (Å²) in [5.41, 5.74) is 1.80. The van der Waals surface area contributed by atoms with Gasteiger partial charge in [-0.3, -0.25) is 14.2 Å². The monoisotopic (exact) mass is 385 g/mol. The largest absolute Gasteiger partial charge is 0.324 e. The Labute approximate surface area is 159 Å². The van der Waals surface area contributed by atoms with Crippen molar-refractivity contribution >= 4 is 44.9 Å². The summed E-state index contributed by atoms with van der Waals surface area (Å²) < 4.78 is 1.42. The molecule has 0 bridgehead atoms. The molecule has 7 heteroatoms. The van der Waals surface area contributed by atoms with Crippen molar-refractivity contribution in [1.82, 2.24) is 9.55 Å². The molecule has 1 aliphatic rings. The van der Waals surface area contributed by atoms with Crippen molar-refractivity contribution in [2.45, 2.75) is 37.1 Å². The first kappa shape index (κ1) is 17.3. The number of nitrogens with zero attached hydrogens (tertiary/aromatic N) is 2. The van der Waals surface area contributed by atoms with Crippen LogP contribution in [0.2, 0.25) is 0 Å². The summed E-state index contributed by atoms with van der Waals surface area (Å²) in [5, 5.41) is 3.61. The SMILES string of the molecule is CSc1ccccc1NC(=O)Cn1cnc2sc3c(c2c1=O)CCCC3. The van der Waals surface area contributed by atoms with E-state index in [2.05, 4.69) is 10.3 Å². The first-order valence-corrected chi connectivity index (χ1v) is 10.6. The van der Waals surface area contributed by atoms with Crippen LogP contribution in [-0.4, -0.2) is 21.7 Å². The maximum atomic E-state index is 12.9. The van der Waals surface area contributed by atoms with Crippen LogP contribution < -0.4 is 10.9 Å². The minimum atomic E-state index is -0.223. The van der Waals surface area contributed by atoms with Crippen LogP contribution in [0.4, 0.5) is 5.69 Å². The van der Waals surface area contributed by atoms with E-state index >= 15 is 0 Å². The van der Waals surface area contributed by atoms with Crippen LogP contribution in [0.5, 0.6) is 0 Å². The average molecular weight is 386 g/mol. The molecule has 0 unspecified atom stereocenters. The fourth-order valence-electron chi connectivity index (χ4n) is 3.39. The average Bonchev–Trinajstić information content (AvgIpc) is 3.04. The first-order chi connectivity index (χ1) is 12.7. The van der Waals surface area contributed by atoms with Crippen LogP contribution in [0.3, 0.4) is 0 Å². The molecule has 0 spiro atoms. The second-order valence-electron chi connectivity index (χ2n) is 6.32. The Hall–Kier alpha value is -2.12. The maximum Gasteiger partial charge on any atom is 0.262 e. The van der Waals surface area contributed by atoms with E-state index in [9.17, 15) is 9.59 Å². The number of benzene rings is 1. The van der Waals surface area contributed by atoms with E-state index in [1.807, 2.05) is 30.5 Å². The number of amides is 1. The van der Waals surface area contributed by atoms with E-state index < -0.39 is 0 Å². The van der Waals surface area contributed by atoms with Gasteiger partial charge in [-0.05, 0) is 49.6 Å². The molecular formula is C19H19N3O2S2. The predicted octanol–water partition coefficient (Wildman–Crippen LogP) is 3.70. The molecule has 1 amide bonds. The number of thioether (sulfide) groups is 1. The molecule has 0 saturated carbocycles. The lowest BCUT2D eigenvalue weighted by Crippen LogP contribution is -2.28. The number of carbonyl (C=O) groups is 1. The van der Waals surface area contributed by atoms with Crippen LogP contribution in [0, 0.1) is 0 Å². The molecule has 134 valence electrons. The second kappa shape index (κ2) is 7.25. The van der Waals surface area contributed by atoms with E-state index in [1.54, 1.807) is 23.1 Å². The van der Waals surface area contributed by atoms with Crippen molar-refractivity contribution in [2.24, 2.45) is 0 Å². The molecule has 4 rings (SSSR count). The minimum Gasteiger partial charge on any atom is -0.324 e. The number of hydrogen-bond acceptors (Lipinski definition) is 5. The van der Waals surface area contributed by atoms with Crippen LogP contribution in [0.1, 0.15) is 23.3 Å². The van der Waals surface area contributed by atoms with E-state index in [0.717, 1.165) is 40.2 Å². The summed E-state index contributed by atoms with van der Waals surface area (Å²) in [6.45, 7) is -0.0326. The summed E-state index contributed by atoms with van der Waals surface area (Å²) in [6.07, 6.45) is 7.70. The topological polar surface area (TPSA) is 64.0 Å². The van der Waals surface area contributed by atoms with Crippen molar-refractivity contribution in [1.29, 1.82) is 0 Å². The molecule has 0 atom stereocenters. The van der Waals surface area contributed by atoms with Gasteiger partial charge in [0, 0.05) is 9.77 Å². The van der Waals surface area contributed by atoms with Gasteiger partial charge in [0.2, 0.25) is 5.91 Å².